The smallest absolute Gasteiger partial charge is 0.219 e. The van der Waals surface area contributed by atoms with Gasteiger partial charge < -0.3 is 9.84 Å². The number of aliphatic hydroxyl groups is 1. The van der Waals surface area contributed by atoms with Gasteiger partial charge in [0, 0.05) is 22.3 Å². The van der Waals surface area contributed by atoms with E-state index >= 15 is 0 Å². The average molecular weight is 391 g/mol. The Labute approximate surface area is 142 Å². The highest BCUT2D eigenvalue weighted by atomic mass is 79.9. The van der Waals surface area contributed by atoms with Crippen molar-refractivity contribution in [3.8, 4) is 11.6 Å². The van der Waals surface area contributed by atoms with Crippen molar-refractivity contribution < 1.29 is 9.84 Å². The van der Waals surface area contributed by atoms with Crippen LogP contribution in [0.5, 0.6) is 11.6 Å². The van der Waals surface area contributed by atoms with Crippen molar-refractivity contribution in [2.75, 3.05) is 0 Å². The number of nitrogens with zero attached hydrogens (tertiary/aromatic N) is 1. The van der Waals surface area contributed by atoms with E-state index < -0.39 is 0 Å². The van der Waals surface area contributed by atoms with Crippen molar-refractivity contribution in [1.29, 1.82) is 0 Å². The first-order valence-electron chi connectivity index (χ1n) is 6.46. The summed E-state index contributed by atoms with van der Waals surface area (Å²) in [5.74, 6) is 0.820. The van der Waals surface area contributed by atoms with Crippen LogP contribution in [0.1, 0.15) is 24.6 Å². The normalized spacial score (nSPS) is 10.7. The molecule has 0 aliphatic carbocycles. The van der Waals surface area contributed by atoms with Gasteiger partial charge in [0.1, 0.15) is 5.75 Å². The van der Waals surface area contributed by atoms with E-state index in [9.17, 15) is 5.11 Å². The number of halogens is 3. The van der Waals surface area contributed by atoms with Crippen molar-refractivity contribution in [3.05, 3.63) is 50.0 Å². The van der Waals surface area contributed by atoms with Crippen LogP contribution in [0.3, 0.4) is 0 Å². The predicted octanol–water partition coefficient (Wildman–Crippen LogP) is 5.39. The largest absolute Gasteiger partial charge is 0.437 e. The van der Waals surface area contributed by atoms with E-state index in [1.807, 2.05) is 6.07 Å². The van der Waals surface area contributed by atoms with Gasteiger partial charge in [-0.15, -0.1) is 0 Å². The Bertz CT molecular complexity index is 650. The summed E-state index contributed by atoms with van der Waals surface area (Å²) < 4.78 is 6.41. The lowest BCUT2D eigenvalue weighted by Gasteiger charge is -2.11. The van der Waals surface area contributed by atoms with Gasteiger partial charge in [0.05, 0.1) is 16.7 Å². The molecule has 0 aliphatic rings. The first-order chi connectivity index (χ1) is 10.0. The summed E-state index contributed by atoms with van der Waals surface area (Å²) in [5.41, 5.74) is 1.63. The molecule has 1 N–H and O–H groups in total. The maximum atomic E-state index is 9.32. The van der Waals surface area contributed by atoms with Crippen molar-refractivity contribution in [1.82, 2.24) is 4.98 Å². The van der Waals surface area contributed by atoms with Gasteiger partial charge in [-0.05, 0) is 40.0 Å². The molecular weight excluding hydrogens is 377 g/mol. The van der Waals surface area contributed by atoms with E-state index in [0.717, 1.165) is 24.1 Å². The third kappa shape index (κ3) is 4.33. The van der Waals surface area contributed by atoms with Crippen LogP contribution in [0, 0.1) is 0 Å². The fraction of sp³-hybridized carbons (Fsp3) is 0.267. The minimum atomic E-state index is -0.0651. The summed E-state index contributed by atoms with van der Waals surface area (Å²) in [6, 6.07) is 6.85. The Morgan fingerprint density at radius 1 is 1.19 bits per heavy atom. The zero-order chi connectivity index (χ0) is 15.4. The fourth-order valence-corrected chi connectivity index (χ4v) is 2.67. The van der Waals surface area contributed by atoms with Crippen molar-refractivity contribution in [2.24, 2.45) is 0 Å². The molecule has 1 aromatic carbocycles. The third-order valence-corrected chi connectivity index (χ3v) is 4.29. The highest BCUT2D eigenvalue weighted by Gasteiger charge is 2.10. The molecule has 1 aromatic heterocycles. The second-order valence-corrected chi connectivity index (χ2v) is 6.18. The Hall–Kier alpha value is -0.810. The van der Waals surface area contributed by atoms with Crippen LogP contribution < -0.4 is 4.74 Å². The first-order valence-corrected chi connectivity index (χ1v) is 8.01. The van der Waals surface area contributed by atoms with E-state index in [4.69, 9.17) is 27.9 Å². The number of aromatic nitrogens is 1. The summed E-state index contributed by atoms with van der Waals surface area (Å²) >= 11 is 15.5. The quantitative estimate of drug-likeness (QED) is 0.696. The van der Waals surface area contributed by atoms with Crippen molar-refractivity contribution in [2.45, 2.75) is 26.4 Å². The molecule has 1 heterocycles. The molecule has 0 atom stereocenters. The average Bonchev–Trinajstić information content (AvgIpc) is 2.45. The van der Waals surface area contributed by atoms with Crippen LogP contribution in [0.2, 0.25) is 10.0 Å². The number of ether oxygens (including phenoxy) is 1. The second-order valence-electron chi connectivity index (χ2n) is 4.51. The number of benzene rings is 1. The molecular formula is C15H14BrCl2NO2. The molecule has 0 saturated carbocycles. The van der Waals surface area contributed by atoms with Crippen LogP contribution in [0.4, 0.5) is 0 Å². The summed E-state index contributed by atoms with van der Waals surface area (Å²) in [7, 11) is 0. The van der Waals surface area contributed by atoms with E-state index in [-0.39, 0.29) is 6.61 Å². The van der Waals surface area contributed by atoms with Crippen molar-refractivity contribution in [3.63, 3.8) is 0 Å². The number of hydrogen-bond acceptors (Lipinski definition) is 3. The lowest BCUT2D eigenvalue weighted by atomic mass is 10.2. The SMILES string of the molecule is CCCc1cc(CO)cc(Oc2cc(Cl)c(Br)cc2Cl)n1. The first kappa shape index (κ1) is 16.6. The third-order valence-electron chi connectivity index (χ3n) is 2.79. The minimum Gasteiger partial charge on any atom is -0.437 e. The molecule has 0 fully saturated rings. The molecule has 0 aliphatic heterocycles. The molecule has 6 heteroatoms. The van der Waals surface area contributed by atoms with Crippen LogP contribution in [0.15, 0.2) is 28.7 Å². The number of pyridine rings is 1. The highest BCUT2D eigenvalue weighted by molar-refractivity contribution is 9.10. The van der Waals surface area contributed by atoms with Crippen molar-refractivity contribution >= 4 is 39.1 Å². The van der Waals surface area contributed by atoms with Crippen LogP contribution in [-0.4, -0.2) is 10.1 Å². The fourth-order valence-electron chi connectivity index (χ4n) is 1.84. The summed E-state index contributed by atoms with van der Waals surface area (Å²) in [6.07, 6.45) is 1.78. The van der Waals surface area contributed by atoms with E-state index in [1.165, 1.54) is 0 Å². The molecule has 0 bridgehead atoms. The van der Waals surface area contributed by atoms with E-state index in [1.54, 1.807) is 18.2 Å². The van der Waals surface area contributed by atoms with Gasteiger partial charge in [-0.25, -0.2) is 4.98 Å². The molecule has 3 nitrogen and oxygen atoms in total. The number of aryl methyl sites for hydroxylation is 1. The van der Waals surface area contributed by atoms with Crippen LogP contribution in [-0.2, 0) is 13.0 Å². The molecule has 2 rings (SSSR count). The van der Waals surface area contributed by atoms with Gasteiger partial charge in [-0.2, -0.15) is 0 Å². The second kappa shape index (κ2) is 7.45. The van der Waals surface area contributed by atoms with Gasteiger partial charge in [0.2, 0.25) is 5.88 Å². The number of aliphatic hydroxyl groups excluding tert-OH is 1. The minimum absolute atomic E-state index is 0.0651. The molecule has 112 valence electrons. The Kier molecular flexibility index (Phi) is 5.88. The molecule has 2 aromatic rings. The lowest BCUT2D eigenvalue weighted by molar-refractivity contribution is 0.280. The zero-order valence-corrected chi connectivity index (χ0v) is 14.5. The van der Waals surface area contributed by atoms with Crippen LogP contribution >= 0.6 is 39.1 Å². The van der Waals surface area contributed by atoms with Gasteiger partial charge >= 0.3 is 0 Å². The molecule has 0 unspecified atom stereocenters. The number of rotatable bonds is 5. The standard InChI is InChI=1S/C15H14BrCl2NO2/c1-2-3-10-4-9(8-20)5-15(19-10)21-14-7-12(17)11(16)6-13(14)18/h4-7,20H,2-3,8H2,1H3. The van der Waals surface area contributed by atoms with Crippen LogP contribution in [0.25, 0.3) is 0 Å². The highest BCUT2D eigenvalue weighted by Crippen LogP contribution is 2.36. The molecule has 0 radical (unpaired) electrons. The number of hydrogen-bond donors (Lipinski definition) is 1. The maximum Gasteiger partial charge on any atom is 0.219 e. The van der Waals surface area contributed by atoms with Gasteiger partial charge in [0.25, 0.3) is 0 Å². The summed E-state index contributed by atoms with van der Waals surface area (Å²) in [4.78, 5) is 4.41. The maximum absolute atomic E-state index is 9.32. The Morgan fingerprint density at radius 2 is 1.95 bits per heavy atom. The summed E-state index contributed by atoms with van der Waals surface area (Å²) in [6.45, 7) is 2.00. The topological polar surface area (TPSA) is 42.4 Å². The summed E-state index contributed by atoms with van der Waals surface area (Å²) in [5, 5.41) is 10.3. The van der Waals surface area contributed by atoms with E-state index in [0.29, 0.717) is 26.1 Å². The van der Waals surface area contributed by atoms with Gasteiger partial charge in [0.15, 0.2) is 0 Å². The van der Waals surface area contributed by atoms with E-state index in [2.05, 4.69) is 27.8 Å². The molecule has 21 heavy (non-hydrogen) atoms. The van der Waals surface area contributed by atoms with Gasteiger partial charge in [-0.3, -0.25) is 0 Å². The van der Waals surface area contributed by atoms with Gasteiger partial charge in [-0.1, -0.05) is 36.5 Å². The molecule has 0 amide bonds. The lowest BCUT2D eigenvalue weighted by Crippen LogP contribution is -1.97. The zero-order valence-electron chi connectivity index (χ0n) is 11.4. The Morgan fingerprint density at radius 3 is 2.62 bits per heavy atom. The molecule has 0 saturated heterocycles. The Balaban J connectivity index is 2.34. The molecule has 0 spiro atoms. The monoisotopic (exact) mass is 389 g/mol. The predicted molar refractivity (Wildman–Crippen MR) is 88.4 cm³/mol.